The zero-order chi connectivity index (χ0) is 19.8. The molecule has 0 bridgehead atoms. The number of hydrogen-bond donors (Lipinski definition) is 1. The summed E-state index contributed by atoms with van der Waals surface area (Å²) in [6.07, 6.45) is 2.31. The van der Waals surface area contributed by atoms with Crippen LogP contribution in [0.4, 0.5) is 0 Å². The van der Waals surface area contributed by atoms with Gasteiger partial charge in [-0.3, -0.25) is 0 Å². The molecule has 1 aliphatic rings. The van der Waals surface area contributed by atoms with Gasteiger partial charge in [0.1, 0.15) is 0 Å². The Morgan fingerprint density at radius 2 is 1.34 bits per heavy atom. The minimum absolute atomic E-state index is 0.0553. The third-order valence-electron chi connectivity index (χ3n) is 5.81. The molecule has 2 nitrogen and oxygen atoms in total. The Labute approximate surface area is 169 Å². The largest absolute Gasteiger partial charge is 0.478 e. The molecule has 1 N–H and O–H groups in total. The number of rotatable bonds is 4. The first-order chi connectivity index (χ1) is 14.2. The molecular weight excluding hydrogens is 356 g/mol. The molecule has 4 aromatic carbocycles. The maximum Gasteiger partial charge on any atom is 0.331 e. The number of aliphatic carboxylic acids is 1. The van der Waals surface area contributed by atoms with Crippen LogP contribution in [-0.4, -0.2) is 11.1 Å². The van der Waals surface area contributed by atoms with Crippen molar-refractivity contribution in [2.75, 3.05) is 0 Å². The van der Waals surface area contributed by atoms with Gasteiger partial charge in [-0.15, -0.1) is 0 Å². The van der Waals surface area contributed by atoms with Gasteiger partial charge in [0.05, 0.1) is 0 Å². The van der Waals surface area contributed by atoms with E-state index >= 15 is 0 Å². The highest BCUT2D eigenvalue weighted by molar-refractivity contribution is 5.98. The van der Waals surface area contributed by atoms with Crippen LogP contribution in [-0.2, 0) is 4.79 Å². The molecule has 0 radical (unpaired) electrons. The summed E-state index contributed by atoms with van der Waals surface area (Å²) in [6.45, 7) is 0. The van der Waals surface area contributed by atoms with E-state index in [0.717, 1.165) is 16.3 Å². The quantitative estimate of drug-likeness (QED) is 0.412. The maximum absolute atomic E-state index is 12.2. The van der Waals surface area contributed by atoms with Crippen molar-refractivity contribution in [1.82, 2.24) is 0 Å². The predicted molar refractivity (Wildman–Crippen MR) is 118 cm³/mol. The van der Waals surface area contributed by atoms with Crippen LogP contribution in [0.25, 0.3) is 28.0 Å². The van der Waals surface area contributed by atoms with E-state index in [4.69, 9.17) is 0 Å². The summed E-state index contributed by atoms with van der Waals surface area (Å²) in [4.78, 5) is 12.2. The molecule has 0 aromatic heterocycles. The Morgan fingerprint density at radius 3 is 2.03 bits per heavy atom. The molecule has 1 aliphatic carbocycles. The first-order valence-electron chi connectivity index (χ1n) is 9.82. The first-order valence-corrected chi connectivity index (χ1v) is 9.82. The van der Waals surface area contributed by atoms with Crippen molar-refractivity contribution >= 4 is 22.8 Å². The first kappa shape index (κ1) is 17.4. The third kappa shape index (κ3) is 3.03. The standard InChI is InChI=1S/C27H20O2/c28-27(29)20(16-19-10-7-9-18-8-1-2-11-21(18)19)17-26-24-14-5-3-12-22(24)23-13-4-6-15-25(23)26/h1-16,26H,17H2,(H,28,29). The fourth-order valence-electron chi connectivity index (χ4n) is 4.47. The second-order valence-electron chi connectivity index (χ2n) is 7.47. The molecule has 0 spiro atoms. The van der Waals surface area contributed by atoms with Crippen molar-refractivity contribution in [2.24, 2.45) is 0 Å². The van der Waals surface area contributed by atoms with Crippen LogP contribution in [0.2, 0.25) is 0 Å². The van der Waals surface area contributed by atoms with Crippen LogP contribution in [0.15, 0.2) is 96.6 Å². The van der Waals surface area contributed by atoms with Crippen molar-refractivity contribution in [3.63, 3.8) is 0 Å². The fourth-order valence-corrected chi connectivity index (χ4v) is 4.47. The monoisotopic (exact) mass is 376 g/mol. The van der Waals surface area contributed by atoms with Gasteiger partial charge in [-0.1, -0.05) is 91.0 Å². The molecule has 0 fully saturated rings. The lowest BCUT2D eigenvalue weighted by Crippen LogP contribution is -2.06. The Bertz CT molecular complexity index is 1220. The normalized spacial score (nSPS) is 13.3. The van der Waals surface area contributed by atoms with Crippen molar-refractivity contribution in [3.05, 3.63) is 113 Å². The number of carbonyl (C=O) groups is 1. The molecule has 0 aliphatic heterocycles. The Morgan fingerprint density at radius 1 is 0.759 bits per heavy atom. The Kier molecular flexibility index (Phi) is 4.25. The molecular formula is C27H20O2. The lowest BCUT2D eigenvalue weighted by molar-refractivity contribution is -0.132. The van der Waals surface area contributed by atoms with Crippen molar-refractivity contribution in [3.8, 4) is 11.1 Å². The number of benzene rings is 4. The van der Waals surface area contributed by atoms with Crippen LogP contribution in [0.5, 0.6) is 0 Å². The third-order valence-corrected chi connectivity index (χ3v) is 5.81. The van der Waals surface area contributed by atoms with Crippen LogP contribution in [0, 0.1) is 0 Å². The number of hydrogen-bond acceptors (Lipinski definition) is 1. The predicted octanol–water partition coefficient (Wildman–Crippen LogP) is 6.51. The molecule has 0 saturated carbocycles. The van der Waals surface area contributed by atoms with E-state index in [1.54, 1.807) is 0 Å². The molecule has 0 atom stereocenters. The second-order valence-corrected chi connectivity index (χ2v) is 7.47. The molecule has 0 heterocycles. The topological polar surface area (TPSA) is 37.3 Å². The average molecular weight is 376 g/mol. The summed E-state index contributed by atoms with van der Waals surface area (Å²) in [6, 6.07) is 30.8. The van der Waals surface area contributed by atoms with Gasteiger partial charge in [-0.05, 0) is 51.1 Å². The van der Waals surface area contributed by atoms with Gasteiger partial charge < -0.3 is 5.11 Å². The van der Waals surface area contributed by atoms with Gasteiger partial charge in [0.2, 0.25) is 0 Å². The Balaban J connectivity index is 1.61. The van der Waals surface area contributed by atoms with E-state index in [0.29, 0.717) is 12.0 Å². The second kappa shape index (κ2) is 7.06. The van der Waals surface area contributed by atoms with E-state index in [1.165, 1.54) is 22.3 Å². The summed E-state index contributed by atoms with van der Waals surface area (Å²) in [5.41, 5.74) is 6.21. The van der Waals surface area contributed by atoms with Gasteiger partial charge in [-0.25, -0.2) is 4.79 Å². The van der Waals surface area contributed by atoms with Crippen molar-refractivity contribution in [2.45, 2.75) is 12.3 Å². The van der Waals surface area contributed by atoms with Gasteiger partial charge in [-0.2, -0.15) is 0 Å². The molecule has 140 valence electrons. The molecule has 4 aromatic rings. The van der Waals surface area contributed by atoms with Gasteiger partial charge in [0.25, 0.3) is 0 Å². The van der Waals surface area contributed by atoms with E-state index in [1.807, 2.05) is 60.7 Å². The molecule has 2 heteroatoms. The molecule has 29 heavy (non-hydrogen) atoms. The highest BCUT2D eigenvalue weighted by Crippen LogP contribution is 2.47. The highest BCUT2D eigenvalue weighted by Gasteiger charge is 2.29. The molecule has 0 amide bonds. The van der Waals surface area contributed by atoms with Crippen LogP contribution >= 0.6 is 0 Å². The number of fused-ring (bicyclic) bond motifs is 4. The van der Waals surface area contributed by atoms with Gasteiger partial charge in [0, 0.05) is 11.5 Å². The summed E-state index contributed by atoms with van der Waals surface area (Å²) >= 11 is 0. The zero-order valence-corrected chi connectivity index (χ0v) is 15.9. The average Bonchev–Trinajstić information content (AvgIpc) is 3.07. The van der Waals surface area contributed by atoms with Gasteiger partial charge >= 0.3 is 5.97 Å². The van der Waals surface area contributed by atoms with E-state index in [9.17, 15) is 9.90 Å². The zero-order valence-electron chi connectivity index (χ0n) is 15.9. The molecule has 0 unspecified atom stereocenters. The fraction of sp³-hybridized carbons (Fsp3) is 0.0741. The minimum atomic E-state index is -0.861. The molecule has 5 rings (SSSR count). The van der Waals surface area contributed by atoms with Crippen molar-refractivity contribution in [1.29, 1.82) is 0 Å². The van der Waals surface area contributed by atoms with Crippen LogP contribution in [0.3, 0.4) is 0 Å². The minimum Gasteiger partial charge on any atom is -0.478 e. The summed E-state index contributed by atoms with van der Waals surface area (Å²) in [5, 5.41) is 12.2. The summed E-state index contributed by atoms with van der Waals surface area (Å²) in [5.74, 6) is -0.806. The summed E-state index contributed by atoms with van der Waals surface area (Å²) < 4.78 is 0. The number of carboxylic acid groups (broad SMARTS) is 1. The van der Waals surface area contributed by atoms with Crippen LogP contribution < -0.4 is 0 Å². The smallest absolute Gasteiger partial charge is 0.331 e. The lowest BCUT2D eigenvalue weighted by atomic mass is 9.89. The van der Waals surface area contributed by atoms with Crippen LogP contribution in [0.1, 0.15) is 29.0 Å². The maximum atomic E-state index is 12.2. The highest BCUT2D eigenvalue weighted by atomic mass is 16.4. The summed E-state index contributed by atoms with van der Waals surface area (Å²) in [7, 11) is 0. The van der Waals surface area contributed by atoms with Gasteiger partial charge in [0.15, 0.2) is 0 Å². The van der Waals surface area contributed by atoms with E-state index in [-0.39, 0.29) is 5.92 Å². The van der Waals surface area contributed by atoms with E-state index < -0.39 is 5.97 Å². The molecule has 0 saturated heterocycles. The van der Waals surface area contributed by atoms with E-state index in [2.05, 4.69) is 36.4 Å². The lowest BCUT2D eigenvalue weighted by Gasteiger charge is -2.14. The SMILES string of the molecule is O=C(O)C(=Cc1cccc2ccccc12)CC1c2ccccc2-c2ccccc21. The number of carboxylic acids is 1. The Hall–Kier alpha value is -3.65. The van der Waals surface area contributed by atoms with Crippen molar-refractivity contribution < 1.29 is 9.90 Å².